The molecule has 0 aliphatic carbocycles. The normalized spacial score (nSPS) is 12.6. The van der Waals surface area contributed by atoms with Crippen LogP contribution in [-0.2, 0) is 0 Å². The van der Waals surface area contributed by atoms with Crippen molar-refractivity contribution in [3.8, 4) is 0 Å². The van der Waals surface area contributed by atoms with E-state index in [1.807, 2.05) is 31.3 Å². The fourth-order valence-corrected chi connectivity index (χ4v) is 2.78. The van der Waals surface area contributed by atoms with Gasteiger partial charge in [0.15, 0.2) is 0 Å². The van der Waals surface area contributed by atoms with Crippen molar-refractivity contribution in [1.82, 2.24) is 4.98 Å². The lowest BCUT2D eigenvalue weighted by Gasteiger charge is -2.14. The van der Waals surface area contributed by atoms with Gasteiger partial charge in [-0.2, -0.15) is 0 Å². The molecule has 2 aromatic heterocycles. The first-order valence-electron chi connectivity index (χ1n) is 6.93. The Hall–Kier alpha value is -1.81. The van der Waals surface area contributed by atoms with Gasteiger partial charge in [0.2, 0.25) is 0 Å². The molecule has 0 aliphatic rings. The average molecular weight is 345 g/mol. The predicted octanol–water partition coefficient (Wildman–Crippen LogP) is 5.38. The van der Waals surface area contributed by atoms with Gasteiger partial charge < -0.3 is 9.73 Å². The molecule has 3 aromatic rings. The number of para-hydroxylation sites is 1. The molecule has 3 rings (SSSR count). The Labute approximate surface area is 132 Å². The van der Waals surface area contributed by atoms with Crippen LogP contribution in [0.4, 0.5) is 5.69 Å². The average Bonchev–Trinajstić information content (AvgIpc) is 2.81. The van der Waals surface area contributed by atoms with Gasteiger partial charge in [0, 0.05) is 10.9 Å². The number of hydrogen-bond donors (Lipinski definition) is 1. The van der Waals surface area contributed by atoms with Crippen molar-refractivity contribution in [1.29, 1.82) is 0 Å². The monoisotopic (exact) mass is 344 g/mol. The molecule has 0 saturated heterocycles. The van der Waals surface area contributed by atoms with Gasteiger partial charge >= 0.3 is 0 Å². The van der Waals surface area contributed by atoms with Crippen molar-refractivity contribution in [2.24, 2.45) is 0 Å². The van der Waals surface area contributed by atoms with Crippen LogP contribution in [0.1, 0.15) is 29.9 Å². The number of nitrogens with zero attached hydrogens (tertiary/aromatic N) is 1. The molecule has 1 unspecified atom stereocenters. The van der Waals surface area contributed by atoms with E-state index in [0.29, 0.717) is 0 Å². The van der Waals surface area contributed by atoms with Gasteiger partial charge in [0.25, 0.3) is 0 Å². The van der Waals surface area contributed by atoms with E-state index in [1.165, 1.54) is 10.9 Å². The first kappa shape index (κ1) is 14.1. The number of aryl methyl sites for hydroxylation is 2. The molecule has 108 valence electrons. The summed E-state index contributed by atoms with van der Waals surface area (Å²) in [7, 11) is 0. The SMILES string of the molecule is Cc1cc(NC(C)c2oc3ccccc3c2C)cnc1Br. The lowest BCUT2D eigenvalue weighted by Crippen LogP contribution is -2.07. The minimum Gasteiger partial charge on any atom is -0.459 e. The van der Waals surface area contributed by atoms with Crippen LogP contribution in [0.3, 0.4) is 0 Å². The third-order valence-corrected chi connectivity index (χ3v) is 4.50. The van der Waals surface area contributed by atoms with Crippen molar-refractivity contribution in [3.05, 3.63) is 58.0 Å². The third kappa shape index (κ3) is 2.68. The number of fused-ring (bicyclic) bond motifs is 1. The maximum absolute atomic E-state index is 5.99. The summed E-state index contributed by atoms with van der Waals surface area (Å²) >= 11 is 3.42. The number of halogens is 1. The largest absolute Gasteiger partial charge is 0.459 e. The van der Waals surface area contributed by atoms with Crippen molar-refractivity contribution in [2.75, 3.05) is 5.32 Å². The van der Waals surface area contributed by atoms with Crippen LogP contribution in [0.15, 0.2) is 45.5 Å². The molecule has 0 saturated carbocycles. The standard InChI is InChI=1S/C17H17BrN2O/c1-10-8-13(9-19-17(10)18)20-12(3)16-11(2)14-6-4-5-7-15(14)21-16/h4-9,12,20H,1-3H3. The molecule has 0 fully saturated rings. The minimum absolute atomic E-state index is 0.0831. The lowest BCUT2D eigenvalue weighted by atomic mass is 10.1. The zero-order chi connectivity index (χ0) is 15.0. The Morgan fingerprint density at radius 3 is 2.71 bits per heavy atom. The minimum atomic E-state index is 0.0831. The highest BCUT2D eigenvalue weighted by atomic mass is 79.9. The summed E-state index contributed by atoms with van der Waals surface area (Å²) < 4.78 is 6.87. The second kappa shape index (κ2) is 5.53. The molecule has 1 N–H and O–H groups in total. The van der Waals surface area contributed by atoms with Crippen molar-refractivity contribution in [2.45, 2.75) is 26.8 Å². The number of benzene rings is 1. The zero-order valence-electron chi connectivity index (χ0n) is 12.3. The third-order valence-electron chi connectivity index (χ3n) is 3.67. The highest BCUT2D eigenvalue weighted by molar-refractivity contribution is 9.10. The van der Waals surface area contributed by atoms with Gasteiger partial charge in [-0.3, -0.25) is 0 Å². The zero-order valence-corrected chi connectivity index (χ0v) is 13.9. The molecule has 1 aromatic carbocycles. The molecular weight excluding hydrogens is 328 g/mol. The summed E-state index contributed by atoms with van der Waals surface area (Å²) in [5.74, 6) is 0.969. The van der Waals surface area contributed by atoms with E-state index in [4.69, 9.17) is 4.42 Å². The molecule has 1 atom stereocenters. The summed E-state index contributed by atoms with van der Waals surface area (Å²) in [6.07, 6.45) is 1.82. The van der Waals surface area contributed by atoms with E-state index >= 15 is 0 Å². The molecule has 4 heteroatoms. The first-order valence-corrected chi connectivity index (χ1v) is 7.72. The van der Waals surface area contributed by atoms with E-state index in [-0.39, 0.29) is 6.04 Å². The van der Waals surface area contributed by atoms with Crippen LogP contribution in [0, 0.1) is 13.8 Å². The van der Waals surface area contributed by atoms with Crippen molar-refractivity contribution < 1.29 is 4.42 Å². The molecule has 2 heterocycles. The van der Waals surface area contributed by atoms with Crippen LogP contribution >= 0.6 is 15.9 Å². The topological polar surface area (TPSA) is 38.1 Å². The number of anilines is 1. The van der Waals surface area contributed by atoms with Gasteiger partial charge in [-0.25, -0.2) is 4.98 Å². The summed E-state index contributed by atoms with van der Waals surface area (Å²) in [5.41, 5.74) is 4.22. The van der Waals surface area contributed by atoms with Crippen LogP contribution in [-0.4, -0.2) is 4.98 Å². The Bertz CT molecular complexity index is 795. The van der Waals surface area contributed by atoms with Crippen molar-refractivity contribution >= 4 is 32.6 Å². The Balaban J connectivity index is 1.91. The fraction of sp³-hybridized carbons (Fsp3) is 0.235. The van der Waals surface area contributed by atoms with Crippen LogP contribution in [0.5, 0.6) is 0 Å². The van der Waals surface area contributed by atoms with Gasteiger partial charge in [-0.15, -0.1) is 0 Å². The van der Waals surface area contributed by atoms with Crippen LogP contribution < -0.4 is 5.32 Å². The summed E-state index contributed by atoms with van der Waals surface area (Å²) in [6, 6.07) is 10.3. The molecule has 0 bridgehead atoms. The molecule has 0 spiro atoms. The van der Waals surface area contributed by atoms with E-state index in [1.54, 1.807) is 0 Å². The predicted molar refractivity (Wildman–Crippen MR) is 89.7 cm³/mol. The molecule has 3 nitrogen and oxygen atoms in total. The Morgan fingerprint density at radius 2 is 2.00 bits per heavy atom. The van der Waals surface area contributed by atoms with Gasteiger partial charge in [0.05, 0.1) is 17.9 Å². The van der Waals surface area contributed by atoms with E-state index < -0.39 is 0 Å². The highest BCUT2D eigenvalue weighted by Crippen LogP contribution is 2.31. The number of rotatable bonds is 3. The second-order valence-corrected chi connectivity index (χ2v) is 6.04. The van der Waals surface area contributed by atoms with E-state index in [0.717, 1.165) is 27.2 Å². The smallest absolute Gasteiger partial charge is 0.134 e. The van der Waals surface area contributed by atoms with Crippen LogP contribution in [0.25, 0.3) is 11.0 Å². The summed E-state index contributed by atoms with van der Waals surface area (Å²) in [4.78, 5) is 4.31. The lowest BCUT2D eigenvalue weighted by molar-refractivity contribution is 0.522. The number of hydrogen-bond acceptors (Lipinski definition) is 3. The van der Waals surface area contributed by atoms with Gasteiger partial charge in [0.1, 0.15) is 15.9 Å². The second-order valence-electron chi connectivity index (χ2n) is 5.29. The number of nitrogens with one attached hydrogen (secondary N) is 1. The first-order chi connectivity index (χ1) is 10.1. The van der Waals surface area contributed by atoms with Gasteiger partial charge in [-0.05, 0) is 54.4 Å². The van der Waals surface area contributed by atoms with Gasteiger partial charge in [-0.1, -0.05) is 18.2 Å². The number of aromatic nitrogens is 1. The molecule has 0 amide bonds. The Morgan fingerprint density at radius 1 is 1.24 bits per heavy atom. The van der Waals surface area contributed by atoms with E-state index in [2.05, 4.69) is 52.2 Å². The Kier molecular flexibility index (Phi) is 3.72. The quantitative estimate of drug-likeness (QED) is 0.648. The highest BCUT2D eigenvalue weighted by Gasteiger charge is 2.16. The summed E-state index contributed by atoms with van der Waals surface area (Å²) in [6.45, 7) is 6.23. The fourth-order valence-electron chi connectivity index (χ4n) is 2.56. The van der Waals surface area contributed by atoms with Crippen molar-refractivity contribution in [3.63, 3.8) is 0 Å². The van der Waals surface area contributed by atoms with E-state index in [9.17, 15) is 0 Å². The maximum atomic E-state index is 5.99. The molecule has 0 aliphatic heterocycles. The molecular formula is C17H17BrN2O. The number of pyridine rings is 1. The van der Waals surface area contributed by atoms with Crippen LogP contribution in [0.2, 0.25) is 0 Å². The maximum Gasteiger partial charge on any atom is 0.134 e. The number of furan rings is 1. The molecule has 0 radical (unpaired) electrons. The summed E-state index contributed by atoms with van der Waals surface area (Å²) in [5, 5.41) is 4.62. The molecule has 21 heavy (non-hydrogen) atoms.